The number of benzene rings is 2. The third kappa shape index (κ3) is 3.62. The highest BCUT2D eigenvalue weighted by molar-refractivity contribution is 6.10. The third-order valence-electron chi connectivity index (χ3n) is 7.72. The molecular formula is C27H22N5O7. The summed E-state index contributed by atoms with van der Waals surface area (Å²) < 4.78 is 0. The number of nitrogens with two attached hydrogens (primary N) is 1. The third-order valence-corrected chi connectivity index (χ3v) is 7.72. The molecule has 2 fully saturated rings. The Morgan fingerprint density at radius 3 is 2.03 bits per heavy atom. The minimum Gasteiger partial charge on any atom is -0.368 e. The summed E-state index contributed by atoms with van der Waals surface area (Å²) in [5, 5.41) is 4.49. The number of piperidine rings is 2. The minimum atomic E-state index is -1.36. The molecule has 12 heteroatoms. The van der Waals surface area contributed by atoms with Crippen molar-refractivity contribution < 1.29 is 33.6 Å². The Morgan fingerprint density at radius 1 is 0.821 bits per heavy atom. The molecule has 197 valence electrons. The lowest BCUT2D eigenvalue weighted by molar-refractivity contribution is -0.139. The van der Waals surface area contributed by atoms with Gasteiger partial charge in [-0.2, -0.15) is 0 Å². The molecular weight excluding hydrogens is 506 g/mol. The Bertz CT molecular complexity index is 1520. The summed E-state index contributed by atoms with van der Waals surface area (Å²) in [6.45, 7) is 0. The molecule has 0 aromatic heterocycles. The van der Waals surface area contributed by atoms with Crippen molar-refractivity contribution in [2.24, 2.45) is 5.73 Å². The summed E-state index contributed by atoms with van der Waals surface area (Å²) in [6, 6.07) is 8.27. The SMILES string of the molecule is NC(=O)C1c2c(cccc2C2c3[c]cccc3C(=O)N2C2CCC(=O)NC2=O)C(=O)N1C1CCC(=O)NC1=O. The number of fused-ring (bicyclic) bond motifs is 2. The number of hydrogen-bond acceptors (Lipinski definition) is 7. The first-order valence-corrected chi connectivity index (χ1v) is 12.4. The van der Waals surface area contributed by atoms with Crippen LogP contribution in [-0.2, 0) is 24.0 Å². The van der Waals surface area contributed by atoms with Gasteiger partial charge in [-0.25, -0.2) is 0 Å². The van der Waals surface area contributed by atoms with Gasteiger partial charge in [-0.15, -0.1) is 0 Å². The van der Waals surface area contributed by atoms with Crippen LogP contribution in [0.2, 0.25) is 0 Å². The summed E-state index contributed by atoms with van der Waals surface area (Å²) in [4.78, 5) is 91.9. The molecule has 4 aliphatic rings. The summed E-state index contributed by atoms with van der Waals surface area (Å²) >= 11 is 0. The molecule has 12 nitrogen and oxygen atoms in total. The second kappa shape index (κ2) is 8.86. The van der Waals surface area contributed by atoms with Crippen LogP contribution < -0.4 is 16.4 Å². The number of hydrogen-bond donors (Lipinski definition) is 3. The second-order valence-corrected chi connectivity index (χ2v) is 9.87. The molecule has 0 spiro atoms. The van der Waals surface area contributed by atoms with Crippen molar-refractivity contribution in [2.75, 3.05) is 0 Å². The Kier molecular flexibility index (Phi) is 5.56. The first kappa shape index (κ1) is 24.5. The van der Waals surface area contributed by atoms with Gasteiger partial charge in [0.05, 0.1) is 6.04 Å². The summed E-state index contributed by atoms with van der Waals surface area (Å²) in [6.07, 6.45) is 0.129. The molecule has 6 rings (SSSR count). The van der Waals surface area contributed by atoms with Gasteiger partial charge in [-0.3, -0.25) is 44.2 Å². The summed E-state index contributed by atoms with van der Waals surface area (Å²) in [7, 11) is 0. The minimum absolute atomic E-state index is 0.0162. The number of rotatable bonds is 4. The average Bonchev–Trinajstić information content (AvgIpc) is 3.36. The molecule has 4 N–H and O–H groups in total. The first-order valence-electron chi connectivity index (χ1n) is 12.4. The molecule has 2 saturated heterocycles. The van der Waals surface area contributed by atoms with E-state index in [1.54, 1.807) is 30.3 Å². The van der Waals surface area contributed by atoms with Crippen molar-refractivity contribution in [1.29, 1.82) is 0 Å². The predicted octanol–water partition coefficient (Wildman–Crippen LogP) is -0.375. The fourth-order valence-electron chi connectivity index (χ4n) is 6.09. The zero-order valence-corrected chi connectivity index (χ0v) is 20.4. The van der Waals surface area contributed by atoms with Crippen molar-refractivity contribution >= 4 is 41.4 Å². The van der Waals surface area contributed by atoms with Crippen LogP contribution in [0.15, 0.2) is 36.4 Å². The normalized spacial score (nSPS) is 26.4. The quantitative estimate of drug-likeness (QED) is 0.453. The maximum absolute atomic E-state index is 13.7. The molecule has 39 heavy (non-hydrogen) atoms. The van der Waals surface area contributed by atoms with E-state index in [-0.39, 0.29) is 36.8 Å². The average molecular weight is 529 g/mol. The monoisotopic (exact) mass is 528 g/mol. The highest BCUT2D eigenvalue weighted by Gasteiger charge is 2.52. The molecule has 0 aliphatic carbocycles. The highest BCUT2D eigenvalue weighted by atomic mass is 16.2. The van der Waals surface area contributed by atoms with Crippen LogP contribution >= 0.6 is 0 Å². The van der Waals surface area contributed by atoms with Gasteiger partial charge in [0, 0.05) is 29.5 Å². The fraction of sp³-hybridized carbons (Fsp3) is 0.296. The van der Waals surface area contributed by atoms with Gasteiger partial charge < -0.3 is 15.5 Å². The summed E-state index contributed by atoms with van der Waals surface area (Å²) in [5.74, 6) is -4.22. The molecule has 1 radical (unpaired) electrons. The Labute approximate surface area is 221 Å². The Morgan fingerprint density at radius 2 is 1.41 bits per heavy atom. The van der Waals surface area contributed by atoms with E-state index >= 15 is 0 Å². The van der Waals surface area contributed by atoms with E-state index in [4.69, 9.17) is 5.73 Å². The first-order chi connectivity index (χ1) is 18.7. The number of amides is 7. The van der Waals surface area contributed by atoms with Crippen LogP contribution in [0.3, 0.4) is 0 Å². The molecule has 2 aromatic rings. The number of primary amides is 1. The standard InChI is InChI=1S/C27H22N5O7/c28-23(35)22-20-14(6-3-7-15(20)27(39)32(22)17-9-11-19(34)30-25(17)37)21-12-4-1-2-5-13(12)26(38)31(21)16-8-10-18(33)29-24(16)36/h1-3,5-7,16-17,21-22H,8-11H2,(H2,28,35)(H,29,33,36)(H,30,34,37). The maximum atomic E-state index is 13.7. The van der Waals surface area contributed by atoms with E-state index < -0.39 is 65.5 Å². The zero-order valence-electron chi connectivity index (χ0n) is 20.4. The van der Waals surface area contributed by atoms with E-state index in [1.807, 2.05) is 0 Å². The molecule has 4 heterocycles. The van der Waals surface area contributed by atoms with Crippen LogP contribution in [0.5, 0.6) is 0 Å². The van der Waals surface area contributed by atoms with Crippen molar-refractivity contribution in [3.8, 4) is 0 Å². The number of nitrogens with one attached hydrogen (secondary N) is 2. The molecule has 2 aromatic carbocycles. The lowest BCUT2D eigenvalue weighted by Gasteiger charge is -2.36. The molecule has 0 saturated carbocycles. The van der Waals surface area contributed by atoms with Crippen LogP contribution in [0.25, 0.3) is 0 Å². The molecule has 0 bridgehead atoms. The number of carbonyl (C=O) groups is 7. The molecule has 7 amide bonds. The zero-order chi connectivity index (χ0) is 27.6. The molecule has 4 unspecified atom stereocenters. The lowest BCUT2D eigenvalue weighted by Crippen LogP contribution is -2.55. The topological polar surface area (TPSA) is 176 Å². The van der Waals surface area contributed by atoms with E-state index in [2.05, 4.69) is 16.7 Å². The fourth-order valence-corrected chi connectivity index (χ4v) is 6.09. The van der Waals surface area contributed by atoms with Crippen molar-refractivity contribution in [1.82, 2.24) is 20.4 Å². The Hall–Kier alpha value is -4.87. The van der Waals surface area contributed by atoms with Crippen molar-refractivity contribution in [3.05, 3.63) is 70.3 Å². The van der Waals surface area contributed by atoms with Gasteiger partial charge in [-0.1, -0.05) is 24.3 Å². The van der Waals surface area contributed by atoms with Gasteiger partial charge in [0.25, 0.3) is 11.8 Å². The van der Waals surface area contributed by atoms with E-state index in [9.17, 15) is 33.6 Å². The van der Waals surface area contributed by atoms with Gasteiger partial charge in [-0.05, 0) is 42.2 Å². The lowest BCUT2D eigenvalue weighted by atomic mass is 9.88. The maximum Gasteiger partial charge on any atom is 0.255 e. The van der Waals surface area contributed by atoms with Crippen LogP contribution in [-0.4, -0.2) is 63.2 Å². The van der Waals surface area contributed by atoms with Crippen LogP contribution in [0.4, 0.5) is 0 Å². The van der Waals surface area contributed by atoms with Gasteiger partial charge in [0.15, 0.2) is 0 Å². The van der Waals surface area contributed by atoms with Gasteiger partial charge in [0.1, 0.15) is 18.1 Å². The Balaban J connectivity index is 1.51. The van der Waals surface area contributed by atoms with Gasteiger partial charge >= 0.3 is 0 Å². The van der Waals surface area contributed by atoms with E-state index in [0.717, 1.165) is 4.90 Å². The highest BCUT2D eigenvalue weighted by Crippen LogP contribution is 2.47. The summed E-state index contributed by atoms with van der Waals surface area (Å²) in [5.41, 5.74) is 7.29. The second-order valence-electron chi connectivity index (χ2n) is 9.87. The van der Waals surface area contributed by atoms with Crippen LogP contribution in [0.1, 0.15) is 75.2 Å². The smallest absolute Gasteiger partial charge is 0.255 e. The van der Waals surface area contributed by atoms with Crippen molar-refractivity contribution in [3.63, 3.8) is 0 Å². The van der Waals surface area contributed by atoms with E-state index in [1.165, 1.54) is 11.0 Å². The molecule has 4 atom stereocenters. The van der Waals surface area contributed by atoms with Gasteiger partial charge in [0.2, 0.25) is 29.5 Å². The van der Waals surface area contributed by atoms with E-state index in [0.29, 0.717) is 16.7 Å². The number of carbonyl (C=O) groups excluding carboxylic acids is 7. The molecule has 4 aliphatic heterocycles. The predicted molar refractivity (Wildman–Crippen MR) is 130 cm³/mol. The number of nitrogens with zero attached hydrogens (tertiary/aromatic N) is 2. The number of imide groups is 2. The van der Waals surface area contributed by atoms with Crippen LogP contribution in [0, 0.1) is 6.07 Å². The largest absolute Gasteiger partial charge is 0.368 e. The van der Waals surface area contributed by atoms with Crippen molar-refractivity contribution in [2.45, 2.75) is 49.9 Å².